The highest BCUT2D eigenvalue weighted by molar-refractivity contribution is 5.85. The summed E-state index contributed by atoms with van der Waals surface area (Å²) in [5, 5.41) is 2.87. The van der Waals surface area contributed by atoms with Crippen LogP contribution >= 0.6 is 0 Å². The van der Waals surface area contributed by atoms with Crippen LogP contribution in [0, 0.1) is 5.92 Å². The fraction of sp³-hybridized carbons (Fsp3) is 0.857. The molecule has 18 heavy (non-hydrogen) atoms. The number of amides is 2. The SMILES string of the molecule is CCN(CC(=O)NC(C)(C)C)C(=O)CCC(C)C. The van der Waals surface area contributed by atoms with E-state index in [9.17, 15) is 9.59 Å². The molecular weight excluding hydrogens is 228 g/mol. The maximum Gasteiger partial charge on any atom is 0.240 e. The summed E-state index contributed by atoms with van der Waals surface area (Å²) in [6.45, 7) is 12.6. The average Bonchev–Trinajstić information content (AvgIpc) is 2.19. The molecule has 0 saturated heterocycles. The van der Waals surface area contributed by atoms with Crippen LogP contribution in [0.4, 0.5) is 0 Å². The molecule has 0 saturated carbocycles. The Bertz CT molecular complexity index is 280. The van der Waals surface area contributed by atoms with Gasteiger partial charge in [0.05, 0.1) is 6.54 Å². The number of hydrogen-bond acceptors (Lipinski definition) is 2. The summed E-state index contributed by atoms with van der Waals surface area (Å²) in [7, 11) is 0. The van der Waals surface area contributed by atoms with E-state index in [1.807, 2.05) is 27.7 Å². The molecule has 0 aliphatic carbocycles. The van der Waals surface area contributed by atoms with E-state index < -0.39 is 0 Å². The topological polar surface area (TPSA) is 49.4 Å². The van der Waals surface area contributed by atoms with Crippen LogP contribution in [0.1, 0.15) is 54.4 Å². The van der Waals surface area contributed by atoms with E-state index in [1.165, 1.54) is 0 Å². The zero-order valence-corrected chi connectivity index (χ0v) is 12.7. The molecule has 0 aromatic carbocycles. The molecule has 1 N–H and O–H groups in total. The predicted octanol–water partition coefficient (Wildman–Crippen LogP) is 2.19. The minimum Gasteiger partial charge on any atom is -0.350 e. The molecule has 0 fully saturated rings. The molecule has 0 radical (unpaired) electrons. The van der Waals surface area contributed by atoms with Gasteiger partial charge in [-0.25, -0.2) is 0 Å². The van der Waals surface area contributed by atoms with Gasteiger partial charge in [-0.2, -0.15) is 0 Å². The smallest absolute Gasteiger partial charge is 0.240 e. The van der Waals surface area contributed by atoms with E-state index in [0.29, 0.717) is 18.9 Å². The Morgan fingerprint density at radius 2 is 1.78 bits per heavy atom. The number of hydrogen-bond donors (Lipinski definition) is 1. The van der Waals surface area contributed by atoms with Crippen molar-refractivity contribution >= 4 is 11.8 Å². The van der Waals surface area contributed by atoms with Gasteiger partial charge >= 0.3 is 0 Å². The van der Waals surface area contributed by atoms with Crippen molar-refractivity contribution in [3.8, 4) is 0 Å². The molecule has 0 aromatic heterocycles. The Morgan fingerprint density at radius 3 is 2.17 bits per heavy atom. The Kier molecular flexibility index (Phi) is 6.96. The van der Waals surface area contributed by atoms with Crippen molar-refractivity contribution < 1.29 is 9.59 Å². The lowest BCUT2D eigenvalue weighted by atomic mass is 10.1. The van der Waals surface area contributed by atoms with E-state index in [1.54, 1.807) is 4.90 Å². The van der Waals surface area contributed by atoms with Crippen molar-refractivity contribution in [2.24, 2.45) is 5.92 Å². The van der Waals surface area contributed by atoms with E-state index in [4.69, 9.17) is 0 Å². The summed E-state index contributed by atoms with van der Waals surface area (Å²) in [5.41, 5.74) is -0.253. The first kappa shape index (κ1) is 16.9. The van der Waals surface area contributed by atoms with Gasteiger partial charge in [0.1, 0.15) is 0 Å². The first-order chi connectivity index (χ1) is 8.15. The summed E-state index contributed by atoms with van der Waals surface area (Å²) in [6, 6.07) is 0. The zero-order valence-electron chi connectivity index (χ0n) is 12.7. The van der Waals surface area contributed by atoms with Gasteiger partial charge in [-0.1, -0.05) is 13.8 Å². The molecule has 0 spiro atoms. The standard InChI is InChI=1S/C14H28N2O2/c1-7-16(13(18)9-8-11(2)3)10-12(17)15-14(4,5)6/h11H,7-10H2,1-6H3,(H,15,17). The Hall–Kier alpha value is -1.06. The van der Waals surface area contributed by atoms with Crippen molar-refractivity contribution in [1.29, 1.82) is 0 Å². The number of nitrogens with zero attached hydrogens (tertiary/aromatic N) is 1. The summed E-state index contributed by atoms with van der Waals surface area (Å²) in [5.74, 6) is 0.480. The molecule has 0 aliphatic heterocycles. The first-order valence-electron chi connectivity index (χ1n) is 6.74. The molecule has 0 unspecified atom stereocenters. The molecule has 0 aromatic rings. The normalized spacial score (nSPS) is 11.5. The number of carbonyl (C=O) groups is 2. The number of likely N-dealkylation sites (N-methyl/N-ethyl adjacent to an activating group) is 1. The van der Waals surface area contributed by atoms with Gasteiger partial charge in [0.2, 0.25) is 11.8 Å². The Labute approximate surface area is 111 Å². The van der Waals surface area contributed by atoms with E-state index in [0.717, 1.165) is 6.42 Å². The molecule has 0 atom stereocenters. The van der Waals surface area contributed by atoms with E-state index in [-0.39, 0.29) is 23.9 Å². The fourth-order valence-corrected chi connectivity index (χ4v) is 1.58. The predicted molar refractivity (Wildman–Crippen MR) is 74.2 cm³/mol. The van der Waals surface area contributed by atoms with Crippen LogP contribution in [0.3, 0.4) is 0 Å². The van der Waals surface area contributed by atoms with Gasteiger partial charge in [0, 0.05) is 18.5 Å². The maximum absolute atomic E-state index is 11.9. The highest BCUT2D eigenvalue weighted by atomic mass is 16.2. The van der Waals surface area contributed by atoms with Gasteiger partial charge < -0.3 is 10.2 Å². The third-order valence-electron chi connectivity index (χ3n) is 2.52. The zero-order chi connectivity index (χ0) is 14.3. The van der Waals surface area contributed by atoms with Gasteiger partial charge in [0.15, 0.2) is 0 Å². The van der Waals surface area contributed by atoms with Crippen LogP contribution in [-0.2, 0) is 9.59 Å². The van der Waals surface area contributed by atoms with Crippen LogP contribution in [0.15, 0.2) is 0 Å². The Balaban J connectivity index is 4.25. The second-order valence-corrected chi connectivity index (χ2v) is 6.14. The van der Waals surface area contributed by atoms with E-state index >= 15 is 0 Å². The van der Waals surface area contributed by atoms with Gasteiger partial charge in [-0.05, 0) is 40.0 Å². The van der Waals surface area contributed by atoms with Crippen molar-refractivity contribution in [3.63, 3.8) is 0 Å². The van der Waals surface area contributed by atoms with Crippen molar-refractivity contribution in [3.05, 3.63) is 0 Å². The molecule has 0 heterocycles. The van der Waals surface area contributed by atoms with Gasteiger partial charge in [-0.3, -0.25) is 9.59 Å². The lowest BCUT2D eigenvalue weighted by molar-refractivity contribution is -0.136. The second-order valence-electron chi connectivity index (χ2n) is 6.14. The summed E-state index contributed by atoms with van der Waals surface area (Å²) < 4.78 is 0. The molecule has 0 rings (SSSR count). The van der Waals surface area contributed by atoms with Crippen LogP contribution in [0.5, 0.6) is 0 Å². The van der Waals surface area contributed by atoms with Crippen LogP contribution in [-0.4, -0.2) is 35.3 Å². The third-order valence-corrected chi connectivity index (χ3v) is 2.52. The lowest BCUT2D eigenvalue weighted by Gasteiger charge is -2.25. The molecule has 2 amide bonds. The summed E-state index contributed by atoms with van der Waals surface area (Å²) >= 11 is 0. The Morgan fingerprint density at radius 1 is 1.22 bits per heavy atom. The fourth-order valence-electron chi connectivity index (χ4n) is 1.58. The molecule has 4 nitrogen and oxygen atoms in total. The summed E-state index contributed by atoms with van der Waals surface area (Å²) in [6.07, 6.45) is 1.39. The van der Waals surface area contributed by atoms with E-state index in [2.05, 4.69) is 19.2 Å². The minimum absolute atomic E-state index is 0.0651. The monoisotopic (exact) mass is 256 g/mol. The average molecular weight is 256 g/mol. The highest BCUT2D eigenvalue weighted by Gasteiger charge is 2.19. The molecular formula is C14H28N2O2. The van der Waals surface area contributed by atoms with Crippen molar-refractivity contribution in [2.45, 2.75) is 59.9 Å². The third kappa shape index (κ3) is 8.09. The largest absolute Gasteiger partial charge is 0.350 e. The van der Waals surface area contributed by atoms with Gasteiger partial charge in [-0.15, -0.1) is 0 Å². The van der Waals surface area contributed by atoms with Gasteiger partial charge in [0.25, 0.3) is 0 Å². The summed E-state index contributed by atoms with van der Waals surface area (Å²) in [4.78, 5) is 25.3. The second kappa shape index (κ2) is 7.39. The molecule has 0 aliphatic rings. The van der Waals surface area contributed by atoms with Crippen LogP contribution in [0.25, 0.3) is 0 Å². The van der Waals surface area contributed by atoms with Crippen molar-refractivity contribution in [1.82, 2.24) is 10.2 Å². The number of carbonyl (C=O) groups excluding carboxylic acids is 2. The lowest BCUT2D eigenvalue weighted by Crippen LogP contribution is -2.47. The molecule has 106 valence electrons. The maximum atomic E-state index is 11.9. The number of nitrogens with one attached hydrogen (secondary N) is 1. The molecule has 0 bridgehead atoms. The number of rotatable bonds is 6. The first-order valence-corrected chi connectivity index (χ1v) is 6.74. The van der Waals surface area contributed by atoms with Crippen LogP contribution in [0.2, 0.25) is 0 Å². The highest BCUT2D eigenvalue weighted by Crippen LogP contribution is 2.06. The quantitative estimate of drug-likeness (QED) is 0.792. The van der Waals surface area contributed by atoms with Crippen molar-refractivity contribution in [2.75, 3.05) is 13.1 Å². The van der Waals surface area contributed by atoms with Crippen LogP contribution < -0.4 is 5.32 Å². The molecule has 4 heteroatoms. The minimum atomic E-state index is -0.253.